The number of rotatable bonds is 5. The minimum absolute atomic E-state index is 0.250. The Balaban J connectivity index is 0.000000772. The van der Waals surface area contributed by atoms with Gasteiger partial charge in [-0.2, -0.15) is 0 Å². The highest BCUT2D eigenvalue weighted by Crippen LogP contribution is 2.18. The van der Waals surface area contributed by atoms with Crippen molar-refractivity contribution >= 4 is 18.8 Å². The van der Waals surface area contributed by atoms with Crippen LogP contribution >= 0.6 is 0 Å². The molecule has 1 aromatic heterocycles. The second kappa shape index (κ2) is 13.2. The van der Waals surface area contributed by atoms with Gasteiger partial charge in [-0.05, 0) is 44.8 Å². The van der Waals surface area contributed by atoms with E-state index in [9.17, 15) is 0 Å². The van der Waals surface area contributed by atoms with Gasteiger partial charge in [0.2, 0.25) is 0 Å². The van der Waals surface area contributed by atoms with Gasteiger partial charge < -0.3 is 15.5 Å². The number of anilines is 1. The van der Waals surface area contributed by atoms with Gasteiger partial charge in [0.05, 0.1) is 0 Å². The molecule has 2 rings (SSSR count). The zero-order valence-electron chi connectivity index (χ0n) is 14.6. The smallest absolute Gasteiger partial charge is 0.290 e. The Hall–Kier alpha value is -2.22. The average Bonchev–Trinajstić information content (AvgIpc) is 3.03. The van der Waals surface area contributed by atoms with E-state index in [4.69, 9.17) is 19.8 Å². The molecule has 0 saturated carbocycles. The fourth-order valence-corrected chi connectivity index (χ4v) is 2.62. The van der Waals surface area contributed by atoms with Gasteiger partial charge in [0.25, 0.3) is 12.9 Å². The van der Waals surface area contributed by atoms with Crippen LogP contribution in [0, 0.1) is 12.8 Å². The van der Waals surface area contributed by atoms with Crippen molar-refractivity contribution in [1.29, 1.82) is 0 Å². The molecule has 1 fully saturated rings. The normalized spacial score (nSPS) is 14.7. The summed E-state index contributed by atoms with van der Waals surface area (Å²) in [4.78, 5) is 27.8. The Morgan fingerprint density at radius 1 is 1.25 bits per heavy atom. The molecule has 2 heterocycles. The van der Waals surface area contributed by atoms with Gasteiger partial charge >= 0.3 is 0 Å². The van der Waals surface area contributed by atoms with Crippen molar-refractivity contribution in [1.82, 2.24) is 14.9 Å². The fraction of sp³-hybridized carbons (Fsp3) is 0.625. The number of nitrogens with one attached hydrogen (secondary N) is 1. The van der Waals surface area contributed by atoms with Crippen LogP contribution in [0.1, 0.15) is 32.5 Å². The van der Waals surface area contributed by atoms with Crippen LogP contribution in [-0.2, 0) is 9.59 Å². The Kier molecular flexibility index (Phi) is 12.0. The zero-order chi connectivity index (χ0) is 18.4. The van der Waals surface area contributed by atoms with Crippen molar-refractivity contribution in [2.24, 2.45) is 5.92 Å². The molecule has 1 saturated heterocycles. The second-order valence-corrected chi connectivity index (χ2v) is 5.64. The van der Waals surface area contributed by atoms with Crippen LogP contribution in [-0.4, -0.2) is 63.7 Å². The lowest BCUT2D eigenvalue weighted by Crippen LogP contribution is -2.42. The molecule has 0 radical (unpaired) electrons. The van der Waals surface area contributed by atoms with E-state index in [0.29, 0.717) is 12.0 Å². The maximum Gasteiger partial charge on any atom is 0.290 e. The van der Waals surface area contributed by atoms with Gasteiger partial charge in [-0.15, -0.1) is 0 Å². The van der Waals surface area contributed by atoms with Gasteiger partial charge in [0.15, 0.2) is 0 Å². The second-order valence-electron chi connectivity index (χ2n) is 5.64. The third kappa shape index (κ3) is 9.04. The maximum absolute atomic E-state index is 8.36. The van der Waals surface area contributed by atoms with Crippen LogP contribution in [0.25, 0.3) is 0 Å². The van der Waals surface area contributed by atoms with E-state index in [2.05, 4.69) is 34.0 Å². The topological polar surface area (TPSA) is 116 Å². The SMILES string of the molecule is Cc1nccc(NCC(C(C)C)N2CCCC2)n1.O=CO.O=CO. The summed E-state index contributed by atoms with van der Waals surface area (Å²) < 4.78 is 0. The summed E-state index contributed by atoms with van der Waals surface area (Å²) in [7, 11) is 0. The molecule has 0 amide bonds. The molecule has 8 nitrogen and oxygen atoms in total. The molecule has 3 N–H and O–H groups in total. The van der Waals surface area contributed by atoms with Crippen LogP contribution in [0.4, 0.5) is 5.82 Å². The van der Waals surface area contributed by atoms with Crippen molar-refractivity contribution in [3.63, 3.8) is 0 Å². The van der Waals surface area contributed by atoms with E-state index in [0.717, 1.165) is 18.2 Å². The molecule has 1 atom stereocenters. The van der Waals surface area contributed by atoms with Gasteiger partial charge in [0, 0.05) is 18.8 Å². The Bertz CT molecular complexity index is 459. The molecule has 8 heteroatoms. The Labute approximate surface area is 142 Å². The van der Waals surface area contributed by atoms with Crippen molar-refractivity contribution in [3.05, 3.63) is 18.1 Å². The third-order valence-electron chi connectivity index (χ3n) is 3.65. The molecule has 0 aliphatic carbocycles. The standard InChI is InChI=1S/C14H24N4.2CH2O2/c1-11(2)13(18-8-4-5-9-18)10-16-14-6-7-15-12(3)17-14;2*2-1-3/h6-7,11,13H,4-5,8-10H2,1-3H3,(H,15,16,17);2*1H,(H,2,3). The minimum atomic E-state index is -0.250. The minimum Gasteiger partial charge on any atom is -0.483 e. The fourth-order valence-electron chi connectivity index (χ4n) is 2.62. The largest absolute Gasteiger partial charge is 0.483 e. The van der Waals surface area contributed by atoms with Crippen molar-refractivity contribution in [2.45, 2.75) is 39.7 Å². The quantitative estimate of drug-likeness (QED) is 0.694. The van der Waals surface area contributed by atoms with Crippen LogP contribution < -0.4 is 5.32 Å². The van der Waals surface area contributed by atoms with E-state index >= 15 is 0 Å². The lowest BCUT2D eigenvalue weighted by atomic mass is 10.0. The molecule has 1 unspecified atom stereocenters. The van der Waals surface area contributed by atoms with Crippen LogP contribution in [0.3, 0.4) is 0 Å². The average molecular weight is 340 g/mol. The highest BCUT2D eigenvalue weighted by atomic mass is 16.3. The van der Waals surface area contributed by atoms with E-state index in [1.165, 1.54) is 25.9 Å². The Morgan fingerprint density at radius 2 is 1.79 bits per heavy atom. The van der Waals surface area contributed by atoms with Gasteiger partial charge in [-0.3, -0.25) is 14.5 Å². The number of carboxylic acid groups (broad SMARTS) is 2. The highest BCUT2D eigenvalue weighted by Gasteiger charge is 2.24. The summed E-state index contributed by atoms with van der Waals surface area (Å²) in [6.45, 7) is 9.48. The monoisotopic (exact) mass is 340 g/mol. The predicted octanol–water partition coefficient (Wildman–Crippen LogP) is 1.72. The molecule has 0 bridgehead atoms. The molecular weight excluding hydrogens is 312 g/mol. The maximum atomic E-state index is 8.36. The molecule has 136 valence electrons. The van der Waals surface area contributed by atoms with Crippen LogP contribution in [0.5, 0.6) is 0 Å². The molecule has 24 heavy (non-hydrogen) atoms. The summed E-state index contributed by atoms with van der Waals surface area (Å²) in [5.74, 6) is 2.42. The first-order chi connectivity index (χ1) is 11.5. The van der Waals surface area contributed by atoms with E-state index in [1.54, 1.807) is 0 Å². The molecule has 1 aliphatic rings. The predicted molar refractivity (Wildman–Crippen MR) is 92.1 cm³/mol. The molecule has 0 aromatic carbocycles. The Morgan fingerprint density at radius 3 is 2.25 bits per heavy atom. The van der Waals surface area contributed by atoms with Gasteiger partial charge in [-0.1, -0.05) is 13.8 Å². The summed E-state index contributed by atoms with van der Waals surface area (Å²) in [5, 5.41) is 17.2. The summed E-state index contributed by atoms with van der Waals surface area (Å²) >= 11 is 0. The first-order valence-corrected chi connectivity index (χ1v) is 7.93. The number of hydrogen-bond acceptors (Lipinski definition) is 6. The van der Waals surface area contributed by atoms with Crippen LogP contribution in [0.15, 0.2) is 12.3 Å². The number of hydrogen-bond donors (Lipinski definition) is 3. The lowest BCUT2D eigenvalue weighted by Gasteiger charge is -2.31. The molecule has 0 spiro atoms. The number of carbonyl (C=O) groups is 2. The van der Waals surface area contributed by atoms with Crippen molar-refractivity contribution in [3.8, 4) is 0 Å². The van der Waals surface area contributed by atoms with Crippen LogP contribution in [0.2, 0.25) is 0 Å². The lowest BCUT2D eigenvalue weighted by molar-refractivity contribution is -0.123. The molecular formula is C16H28N4O4. The third-order valence-corrected chi connectivity index (χ3v) is 3.65. The summed E-state index contributed by atoms with van der Waals surface area (Å²) in [6.07, 6.45) is 4.50. The number of likely N-dealkylation sites (tertiary alicyclic amines) is 1. The number of nitrogens with zero attached hydrogens (tertiary/aromatic N) is 3. The van der Waals surface area contributed by atoms with Gasteiger partial charge in [-0.25, -0.2) is 9.97 Å². The van der Waals surface area contributed by atoms with E-state index < -0.39 is 0 Å². The number of aryl methyl sites for hydroxylation is 1. The zero-order valence-corrected chi connectivity index (χ0v) is 14.6. The molecule has 1 aliphatic heterocycles. The first-order valence-electron chi connectivity index (χ1n) is 7.93. The van der Waals surface area contributed by atoms with E-state index in [-0.39, 0.29) is 12.9 Å². The van der Waals surface area contributed by atoms with E-state index in [1.807, 2.05) is 19.2 Å². The van der Waals surface area contributed by atoms with Crippen molar-refractivity contribution in [2.75, 3.05) is 25.0 Å². The van der Waals surface area contributed by atoms with Gasteiger partial charge in [0.1, 0.15) is 11.6 Å². The number of aromatic nitrogens is 2. The summed E-state index contributed by atoms with van der Waals surface area (Å²) in [5.41, 5.74) is 0. The highest BCUT2D eigenvalue weighted by molar-refractivity contribution is 5.33. The van der Waals surface area contributed by atoms with Crippen molar-refractivity contribution < 1.29 is 19.8 Å². The molecule has 1 aromatic rings. The summed E-state index contributed by atoms with van der Waals surface area (Å²) in [6, 6.07) is 2.54. The first kappa shape index (κ1) is 21.8.